The third-order valence-corrected chi connectivity index (χ3v) is 8.62. The molecular formula is C21H18Cl2N4O6S4. The maximum absolute atomic E-state index is 12.5. The number of fused-ring (bicyclic) bond motifs is 2. The highest BCUT2D eigenvalue weighted by Gasteiger charge is 2.30. The van der Waals surface area contributed by atoms with Crippen LogP contribution in [0.15, 0.2) is 50.7 Å². The average Bonchev–Trinajstić information content (AvgIpc) is 3.23. The number of halogens is 2. The van der Waals surface area contributed by atoms with Gasteiger partial charge in [0.1, 0.15) is 11.2 Å². The Morgan fingerprint density at radius 3 is 2.49 bits per heavy atom. The van der Waals surface area contributed by atoms with Crippen LogP contribution >= 0.6 is 46.3 Å². The highest BCUT2D eigenvalue weighted by Crippen LogP contribution is 2.47. The van der Waals surface area contributed by atoms with Crippen LogP contribution in [0, 0.1) is 0 Å². The summed E-state index contributed by atoms with van der Waals surface area (Å²) in [5, 5.41) is 14.4. The van der Waals surface area contributed by atoms with Crippen molar-refractivity contribution >= 4 is 100 Å². The number of nitrogens with zero attached hydrogens (tertiary/aromatic N) is 3. The Bertz CT molecular complexity index is 1700. The Balaban J connectivity index is 1.83. The van der Waals surface area contributed by atoms with E-state index in [9.17, 15) is 26.7 Å². The number of thioether (sulfide) groups is 1. The largest absolute Gasteiger partial charge is 0.857 e. The van der Waals surface area contributed by atoms with Crippen molar-refractivity contribution in [3.8, 4) is 0 Å². The summed E-state index contributed by atoms with van der Waals surface area (Å²) in [5.41, 5.74) is 1.19. The molecule has 2 heterocycles. The van der Waals surface area contributed by atoms with E-state index in [4.69, 9.17) is 23.2 Å². The Morgan fingerprint density at radius 2 is 1.81 bits per heavy atom. The molecule has 0 bridgehead atoms. The van der Waals surface area contributed by atoms with E-state index in [1.165, 1.54) is 23.1 Å². The van der Waals surface area contributed by atoms with Crippen LogP contribution in [0.2, 0.25) is 10.0 Å². The zero-order valence-electron chi connectivity index (χ0n) is 19.1. The molecule has 0 fully saturated rings. The summed E-state index contributed by atoms with van der Waals surface area (Å²) >= 11 is 15.0. The number of anilines is 1. The quantitative estimate of drug-likeness (QED) is 0.241. The first-order chi connectivity index (χ1) is 17.2. The van der Waals surface area contributed by atoms with Gasteiger partial charge in [0.2, 0.25) is 25.6 Å². The molecule has 0 atom stereocenters. The zero-order valence-corrected chi connectivity index (χ0v) is 23.9. The number of hydrogen-bond acceptors (Lipinski definition) is 9. The number of benzene rings is 2. The van der Waals surface area contributed by atoms with Gasteiger partial charge in [0.15, 0.2) is 6.54 Å². The fraction of sp³-hybridized carbons (Fsp3) is 0.190. The van der Waals surface area contributed by atoms with Crippen LogP contribution in [0.25, 0.3) is 16.3 Å². The van der Waals surface area contributed by atoms with Crippen LogP contribution in [-0.2, 0) is 31.4 Å². The van der Waals surface area contributed by atoms with Gasteiger partial charge in [-0.2, -0.15) is 8.96 Å². The predicted octanol–water partition coefficient (Wildman–Crippen LogP) is 2.20. The van der Waals surface area contributed by atoms with Crippen LogP contribution in [0.5, 0.6) is 0 Å². The van der Waals surface area contributed by atoms with E-state index in [0.29, 0.717) is 31.3 Å². The average molecular weight is 622 g/mol. The van der Waals surface area contributed by atoms with E-state index in [1.807, 2.05) is 4.72 Å². The number of amides is 1. The topological polar surface area (TPSA) is 140 Å². The van der Waals surface area contributed by atoms with Gasteiger partial charge in [-0.15, -0.1) is 0 Å². The van der Waals surface area contributed by atoms with Crippen molar-refractivity contribution in [1.82, 2.24) is 4.72 Å². The number of aromatic nitrogens is 1. The van der Waals surface area contributed by atoms with E-state index < -0.39 is 31.9 Å². The molecule has 0 radical (unpaired) electrons. The van der Waals surface area contributed by atoms with E-state index in [2.05, 4.69) is 4.40 Å². The monoisotopic (exact) mass is 620 g/mol. The summed E-state index contributed by atoms with van der Waals surface area (Å²) in [7, 11) is -7.67. The number of nitrogens with one attached hydrogen (secondary N) is 1. The maximum Gasteiger partial charge on any atom is 0.265 e. The molecule has 196 valence electrons. The lowest BCUT2D eigenvalue weighted by molar-refractivity contribution is -0.658. The van der Waals surface area contributed by atoms with Crippen LogP contribution in [0.3, 0.4) is 0 Å². The first-order valence-corrected chi connectivity index (χ1v) is 16.4. The molecule has 1 aromatic heterocycles. The van der Waals surface area contributed by atoms with Crippen molar-refractivity contribution in [2.24, 2.45) is 4.40 Å². The van der Waals surface area contributed by atoms with Gasteiger partial charge in [-0.3, -0.25) is 9.52 Å². The fourth-order valence-corrected chi connectivity index (χ4v) is 7.00. The predicted molar refractivity (Wildman–Crippen MR) is 145 cm³/mol. The number of carbonyl (C=O) groups excluding carboxylic acids is 1. The van der Waals surface area contributed by atoms with Crippen LogP contribution < -0.4 is 19.3 Å². The third-order valence-electron chi connectivity index (χ3n) is 4.79. The Kier molecular flexibility index (Phi) is 7.79. The lowest BCUT2D eigenvalue weighted by Crippen LogP contribution is -2.44. The van der Waals surface area contributed by atoms with Gasteiger partial charge in [0.25, 0.3) is 10.9 Å². The van der Waals surface area contributed by atoms with Gasteiger partial charge in [0, 0.05) is 26.9 Å². The molecule has 1 amide bonds. The molecule has 3 aromatic rings. The summed E-state index contributed by atoms with van der Waals surface area (Å²) in [4.78, 5) is 14.9. The number of rotatable bonds is 7. The number of hydrogen-bond donors (Lipinski definition) is 1. The van der Waals surface area contributed by atoms with Crippen molar-refractivity contribution in [1.29, 1.82) is 0 Å². The van der Waals surface area contributed by atoms with Gasteiger partial charge in [-0.1, -0.05) is 46.3 Å². The van der Waals surface area contributed by atoms with Crippen molar-refractivity contribution in [3.05, 3.63) is 56.5 Å². The van der Waals surface area contributed by atoms with E-state index in [-0.39, 0.29) is 13.1 Å². The van der Waals surface area contributed by atoms with Gasteiger partial charge in [0.05, 0.1) is 29.3 Å². The molecule has 1 aliphatic heterocycles. The van der Waals surface area contributed by atoms with E-state index in [0.717, 1.165) is 22.1 Å². The van der Waals surface area contributed by atoms with Crippen LogP contribution in [0.1, 0.15) is 5.01 Å². The highest BCUT2D eigenvalue weighted by molar-refractivity contribution is 8.04. The molecule has 0 spiro atoms. The SMILES string of the molecule is CS(=O)(=O)/N=C(/[O-])C[n+]1c(C=C2Sc3ccc(Cl)cc3N2CC(=O)NS(C)(=O)=O)sc2ccc(Cl)cc21. The molecule has 1 N–H and O–H groups in total. The van der Waals surface area contributed by atoms with Crippen molar-refractivity contribution in [2.75, 3.05) is 24.0 Å². The van der Waals surface area contributed by atoms with Crippen LogP contribution in [0.4, 0.5) is 5.69 Å². The summed E-state index contributed by atoms with van der Waals surface area (Å²) in [5.74, 6) is -1.62. The highest BCUT2D eigenvalue weighted by atomic mass is 35.5. The lowest BCUT2D eigenvalue weighted by atomic mass is 10.3. The fourth-order valence-electron chi connectivity index (χ4n) is 3.53. The molecule has 0 aliphatic carbocycles. The minimum absolute atomic E-state index is 0.321. The van der Waals surface area contributed by atoms with E-state index in [1.54, 1.807) is 51.9 Å². The normalized spacial score (nSPS) is 15.4. The smallest absolute Gasteiger partial charge is 0.265 e. The zero-order chi connectivity index (χ0) is 27.1. The van der Waals surface area contributed by atoms with Crippen molar-refractivity contribution < 1.29 is 31.3 Å². The molecular weight excluding hydrogens is 603 g/mol. The Hall–Kier alpha value is -2.36. The molecule has 37 heavy (non-hydrogen) atoms. The van der Waals surface area contributed by atoms with Gasteiger partial charge in [-0.25, -0.2) is 16.8 Å². The molecule has 0 unspecified atom stereocenters. The molecule has 16 heteroatoms. The summed E-state index contributed by atoms with van der Waals surface area (Å²) in [6.07, 6.45) is 3.44. The minimum Gasteiger partial charge on any atom is -0.857 e. The second-order valence-corrected chi connectivity index (χ2v) is 14.3. The standard InChI is InChI=1S/C21H18Cl2N4O6S4/c1-36(30,31)24-18(28)10-26-14-7-12(22)3-5-16(14)34-20(26)9-21-27(11-19(29)25-37(2,32)33)15-8-13(23)4-6-17(15)35-21/h3-9H,10-11H2,1-2H3,(H-,24,25,28,29). The number of carbonyl (C=O) groups is 1. The Labute approximate surface area is 231 Å². The number of sulfonamides is 2. The summed E-state index contributed by atoms with van der Waals surface area (Å²) in [6.45, 7) is -0.692. The molecule has 0 saturated heterocycles. The van der Waals surface area contributed by atoms with Gasteiger partial charge in [-0.05, 0) is 30.3 Å². The number of thiazole rings is 1. The van der Waals surface area contributed by atoms with Crippen LogP contribution in [-0.4, -0.2) is 47.7 Å². The third kappa shape index (κ3) is 6.94. The first kappa shape index (κ1) is 27.7. The summed E-state index contributed by atoms with van der Waals surface area (Å²) in [6, 6.07) is 10.2. The second kappa shape index (κ2) is 10.4. The molecule has 4 rings (SSSR count). The van der Waals surface area contributed by atoms with Crippen molar-refractivity contribution in [3.63, 3.8) is 0 Å². The van der Waals surface area contributed by atoms with Gasteiger partial charge < -0.3 is 10.0 Å². The molecule has 10 nitrogen and oxygen atoms in total. The lowest BCUT2D eigenvalue weighted by Gasteiger charge is -2.19. The molecule has 0 saturated carbocycles. The molecule has 2 aromatic carbocycles. The first-order valence-electron chi connectivity index (χ1n) is 10.2. The maximum atomic E-state index is 12.5. The molecule has 1 aliphatic rings. The van der Waals surface area contributed by atoms with Crippen molar-refractivity contribution in [2.45, 2.75) is 11.4 Å². The second-order valence-electron chi connectivity index (χ2n) is 7.94. The van der Waals surface area contributed by atoms with Gasteiger partial charge >= 0.3 is 0 Å². The van der Waals surface area contributed by atoms with E-state index >= 15 is 0 Å². The summed E-state index contributed by atoms with van der Waals surface area (Å²) < 4.78 is 53.7. The Morgan fingerprint density at radius 1 is 1.14 bits per heavy atom. The minimum atomic E-state index is -3.90.